The van der Waals surface area contributed by atoms with Crippen molar-refractivity contribution >= 4 is 11.3 Å². The fourth-order valence-corrected chi connectivity index (χ4v) is 2.34. The lowest BCUT2D eigenvalue weighted by Gasteiger charge is -2.12. The number of aliphatic hydroxyl groups excluding tert-OH is 1. The van der Waals surface area contributed by atoms with Gasteiger partial charge in [0.05, 0.1) is 0 Å². The summed E-state index contributed by atoms with van der Waals surface area (Å²) in [7, 11) is 0. The van der Waals surface area contributed by atoms with E-state index in [1.54, 1.807) is 22.1 Å². The van der Waals surface area contributed by atoms with Crippen LogP contribution in [0.25, 0.3) is 0 Å². The Morgan fingerprint density at radius 2 is 2.11 bits per heavy atom. The van der Waals surface area contributed by atoms with Crippen LogP contribution in [0.3, 0.4) is 0 Å². The Labute approximate surface area is 106 Å². The van der Waals surface area contributed by atoms with Gasteiger partial charge in [-0.15, -0.1) is 11.3 Å². The van der Waals surface area contributed by atoms with Crippen LogP contribution < -0.4 is 0 Å². The summed E-state index contributed by atoms with van der Waals surface area (Å²) in [5.74, 6) is 0. The quantitative estimate of drug-likeness (QED) is 0.909. The van der Waals surface area contributed by atoms with Crippen LogP contribution in [0.1, 0.15) is 16.5 Å². The van der Waals surface area contributed by atoms with Crippen LogP contribution in [0.5, 0.6) is 0 Å². The van der Waals surface area contributed by atoms with Crippen molar-refractivity contribution in [3.63, 3.8) is 0 Å². The Balaban J connectivity index is 1.98. The fraction of sp³-hybridized carbons (Fsp3) is 0.333. The molecule has 1 N–H and O–H groups in total. The molecule has 1 unspecified atom stereocenters. The molecular weight excluding hydrogens is 263 g/mol. The third kappa shape index (κ3) is 3.14. The summed E-state index contributed by atoms with van der Waals surface area (Å²) in [4.78, 5) is 1.18. The van der Waals surface area contributed by atoms with Crippen LogP contribution in [0.2, 0.25) is 0 Å². The smallest absolute Gasteiger partial charge is 0.379 e. The van der Waals surface area contributed by atoms with E-state index in [-0.39, 0.29) is 5.56 Å². The second-order valence-corrected chi connectivity index (χ2v) is 4.99. The van der Waals surface area contributed by atoms with Crippen molar-refractivity contribution in [3.05, 3.63) is 46.4 Å². The molecule has 0 saturated heterocycles. The number of thiophene rings is 1. The van der Waals surface area contributed by atoms with Crippen LogP contribution in [-0.2, 0) is 13.0 Å². The number of aryl methyl sites for hydroxylation is 2. The number of nitrogens with zero attached hydrogens (tertiary/aromatic N) is 1. The molecule has 2 nitrogen and oxygen atoms in total. The van der Waals surface area contributed by atoms with Crippen molar-refractivity contribution in [3.8, 4) is 0 Å². The summed E-state index contributed by atoms with van der Waals surface area (Å²) in [5, 5.41) is 11.0. The number of hydrogen-bond acceptors (Lipinski definition) is 2. The highest BCUT2D eigenvalue weighted by atomic mass is 32.1. The lowest BCUT2D eigenvalue weighted by atomic mass is 10.2. The van der Waals surface area contributed by atoms with E-state index in [0.29, 0.717) is 6.54 Å². The van der Waals surface area contributed by atoms with E-state index in [1.165, 1.54) is 17.1 Å². The Hall–Kier alpha value is -1.27. The molecular formula is C12H12F3NOS. The summed E-state index contributed by atoms with van der Waals surface area (Å²) in [6, 6.07) is 5.22. The van der Waals surface area contributed by atoms with E-state index in [1.807, 2.05) is 17.5 Å². The van der Waals surface area contributed by atoms with Gasteiger partial charge in [0.15, 0.2) is 6.10 Å². The van der Waals surface area contributed by atoms with Crippen molar-refractivity contribution in [2.24, 2.45) is 0 Å². The second kappa shape index (κ2) is 5.16. The first-order chi connectivity index (χ1) is 8.47. The van der Waals surface area contributed by atoms with E-state index < -0.39 is 12.3 Å². The Bertz CT molecular complexity index is 490. The number of halogens is 3. The zero-order valence-corrected chi connectivity index (χ0v) is 10.2. The molecule has 0 amide bonds. The van der Waals surface area contributed by atoms with Crippen LogP contribution in [0.4, 0.5) is 13.2 Å². The van der Waals surface area contributed by atoms with Crippen LogP contribution in [0, 0.1) is 0 Å². The minimum Gasteiger partial charge on any atom is -0.379 e. The number of hydrogen-bond donors (Lipinski definition) is 1. The first kappa shape index (κ1) is 13.2. The highest BCUT2D eigenvalue weighted by Gasteiger charge is 2.39. The average molecular weight is 275 g/mol. The first-order valence-corrected chi connectivity index (χ1v) is 6.27. The predicted octanol–water partition coefficient (Wildman–Crippen LogP) is 3.39. The number of aromatic nitrogens is 1. The summed E-state index contributed by atoms with van der Waals surface area (Å²) >= 11 is 1.62. The van der Waals surface area contributed by atoms with Crippen molar-refractivity contribution in [2.75, 3.05) is 0 Å². The molecule has 0 aliphatic rings. The predicted molar refractivity (Wildman–Crippen MR) is 63.5 cm³/mol. The van der Waals surface area contributed by atoms with E-state index in [0.717, 1.165) is 6.42 Å². The van der Waals surface area contributed by atoms with Gasteiger partial charge in [0.25, 0.3) is 0 Å². The maximum Gasteiger partial charge on any atom is 0.418 e. The standard InChI is InChI=1S/C12H12F3NOS/c13-12(14,15)11(17)9-3-5-16(8-9)6-4-10-2-1-7-18-10/h1-3,5,7-8,11,17H,4,6H2. The van der Waals surface area contributed by atoms with Gasteiger partial charge in [-0.2, -0.15) is 13.2 Å². The van der Waals surface area contributed by atoms with Crippen LogP contribution in [0.15, 0.2) is 36.0 Å². The normalized spacial score (nSPS) is 13.8. The van der Waals surface area contributed by atoms with Crippen LogP contribution >= 0.6 is 11.3 Å². The third-order valence-electron chi connectivity index (χ3n) is 2.60. The van der Waals surface area contributed by atoms with Gasteiger partial charge in [-0.25, -0.2) is 0 Å². The largest absolute Gasteiger partial charge is 0.418 e. The minimum absolute atomic E-state index is 0.117. The number of rotatable bonds is 4. The van der Waals surface area contributed by atoms with Gasteiger partial charge >= 0.3 is 6.18 Å². The monoisotopic (exact) mass is 275 g/mol. The average Bonchev–Trinajstić information content (AvgIpc) is 2.95. The Morgan fingerprint density at radius 3 is 2.72 bits per heavy atom. The number of alkyl halides is 3. The molecule has 0 bridgehead atoms. The minimum atomic E-state index is -4.61. The van der Waals surface area contributed by atoms with E-state index >= 15 is 0 Å². The molecule has 0 aliphatic heterocycles. The van der Waals surface area contributed by atoms with Gasteiger partial charge in [0, 0.05) is 29.4 Å². The molecule has 0 aromatic carbocycles. The van der Waals surface area contributed by atoms with Gasteiger partial charge in [-0.05, 0) is 23.9 Å². The van der Waals surface area contributed by atoms with Gasteiger partial charge in [0.2, 0.25) is 0 Å². The zero-order chi connectivity index (χ0) is 13.2. The number of aliphatic hydroxyl groups is 1. The van der Waals surface area contributed by atoms with E-state index in [4.69, 9.17) is 5.11 Å². The Kier molecular flexibility index (Phi) is 3.77. The molecule has 2 aromatic rings. The Morgan fingerprint density at radius 1 is 1.33 bits per heavy atom. The van der Waals surface area contributed by atoms with Crippen molar-refractivity contribution < 1.29 is 18.3 Å². The molecule has 0 aliphatic carbocycles. The maximum absolute atomic E-state index is 12.3. The third-order valence-corrected chi connectivity index (χ3v) is 3.53. The maximum atomic E-state index is 12.3. The molecule has 0 fully saturated rings. The molecule has 0 spiro atoms. The summed E-state index contributed by atoms with van der Waals surface area (Å²) in [5.41, 5.74) is -0.117. The van der Waals surface area contributed by atoms with Crippen molar-refractivity contribution in [1.29, 1.82) is 0 Å². The SMILES string of the molecule is OC(c1ccn(CCc2cccs2)c1)C(F)(F)F. The van der Waals surface area contributed by atoms with Gasteiger partial charge in [-0.1, -0.05) is 6.07 Å². The molecule has 18 heavy (non-hydrogen) atoms. The van der Waals surface area contributed by atoms with E-state index in [2.05, 4.69) is 0 Å². The molecule has 1 atom stereocenters. The lowest BCUT2D eigenvalue weighted by molar-refractivity contribution is -0.206. The molecule has 2 rings (SSSR count). The highest BCUT2D eigenvalue weighted by molar-refractivity contribution is 7.09. The summed E-state index contributed by atoms with van der Waals surface area (Å²) in [6.07, 6.45) is -3.35. The molecule has 6 heteroatoms. The van der Waals surface area contributed by atoms with E-state index in [9.17, 15) is 13.2 Å². The van der Waals surface area contributed by atoms with Gasteiger partial charge < -0.3 is 9.67 Å². The molecule has 2 heterocycles. The van der Waals surface area contributed by atoms with Crippen LogP contribution in [-0.4, -0.2) is 15.8 Å². The summed E-state index contributed by atoms with van der Waals surface area (Å²) in [6.45, 7) is 0.602. The molecule has 0 saturated carbocycles. The fourth-order valence-electron chi connectivity index (χ4n) is 1.64. The zero-order valence-electron chi connectivity index (χ0n) is 9.39. The van der Waals surface area contributed by atoms with Gasteiger partial charge in [-0.3, -0.25) is 0 Å². The lowest BCUT2D eigenvalue weighted by Crippen LogP contribution is -2.19. The van der Waals surface area contributed by atoms with Crippen molar-refractivity contribution in [2.45, 2.75) is 25.2 Å². The molecule has 98 valence electrons. The molecule has 0 radical (unpaired) electrons. The van der Waals surface area contributed by atoms with Crippen molar-refractivity contribution in [1.82, 2.24) is 4.57 Å². The van der Waals surface area contributed by atoms with Gasteiger partial charge in [0.1, 0.15) is 0 Å². The first-order valence-electron chi connectivity index (χ1n) is 5.39. The molecule has 2 aromatic heterocycles. The second-order valence-electron chi connectivity index (χ2n) is 3.96. The summed E-state index contributed by atoms with van der Waals surface area (Å²) < 4.78 is 38.5. The highest BCUT2D eigenvalue weighted by Crippen LogP contribution is 2.32. The topological polar surface area (TPSA) is 25.2 Å².